The highest BCUT2D eigenvalue weighted by atomic mass is 15.1. The van der Waals surface area contributed by atoms with Gasteiger partial charge in [0.1, 0.15) is 0 Å². The molecule has 1 heterocycles. The van der Waals surface area contributed by atoms with Crippen LogP contribution < -0.4 is 5.32 Å². The molecule has 2 rings (SSSR count). The Hall–Kier alpha value is -1.02. The summed E-state index contributed by atoms with van der Waals surface area (Å²) >= 11 is 0. The van der Waals surface area contributed by atoms with Gasteiger partial charge in [0.25, 0.3) is 0 Å². The average Bonchev–Trinajstić information content (AvgIpc) is 2.38. The molecule has 0 saturated carbocycles. The van der Waals surface area contributed by atoms with Crippen LogP contribution in [0.15, 0.2) is 24.3 Å². The number of anilines is 1. The molecule has 1 atom stereocenters. The Balaban J connectivity index is 1.84. The lowest BCUT2D eigenvalue weighted by Crippen LogP contribution is -2.33. The summed E-state index contributed by atoms with van der Waals surface area (Å²) in [7, 11) is 0. The monoisotopic (exact) mass is 260 g/mol. The molecule has 0 radical (unpaired) electrons. The molecule has 1 aliphatic rings. The van der Waals surface area contributed by atoms with Gasteiger partial charge in [-0.1, -0.05) is 32.9 Å². The van der Waals surface area contributed by atoms with E-state index in [4.69, 9.17) is 0 Å². The van der Waals surface area contributed by atoms with Crippen LogP contribution in [0.5, 0.6) is 0 Å². The molecular formula is C17H28N2. The number of hydrogen-bond acceptors (Lipinski definition) is 2. The van der Waals surface area contributed by atoms with Crippen molar-refractivity contribution < 1.29 is 0 Å². The van der Waals surface area contributed by atoms with Gasteiger partial charge in [-0.25, -0.2) is 0 Å². The first kappa shape index (κ1) is 14.4. The van der Waals surface area contributed by atoms with Gasteiger partial charge >= 0.3 is 0 Å². The van der Waals surface area contributed by atoms with E-state index in [1.165, 1.54) is 37.2 Å². The second kappa shape index (κ2) is 6.95. The number of benzene rings is 1. The predicted molar refractivity (Wildman–Crippen MR) is 83.4 cm³/mol. The highest BCUT2D eigenvalue weighted by Crippen LogP contribution is 2.18. The molecule has 2 nitrogen and oxygen atoms in total. The van der Waals surface area contributed by atoms with Crippen LogP contribution in [-0.2, 0) is 6.54 Å². The highest BCUT2D eigenvalue weighted by Gasteiger charge is 2.15. The zero-order chi connectivity index (χ0) is 13.7. The third-order valence-corrected chi connectivity index (χ3v) is 3.82. The Morgan fingerprint density at radius 2 is 2.00 bits per heavy atom. The van der Waals surface area contributed by atoms with E-state index >= 15 is 0 Å². The van der Waals surface area contributed by atoms with Gasteiger partial charge in [0.15, 0.2) is 0 Å². The molecule has 0 bridgehead atoms. The Morgan fingerprint density at radius 1 is 1.26 bits per heavy atom. The summed E-state index contributed by atoms with van der Waals surface area (Å²) in [5, 5.41) is 3.47. The Labute approximate surface area is 118 Å². The first-order valence-corrected chi connectivity index (χ1v) is 7.68. The van der Waals surface area contributed by atoms with Gasteiger partial charge in [-0.3, -0.25) is 4.90 Å². The van der Waals surface area contributed by atoms with Gasteiger partial charge in [0.05, 0.1) is 0 Å². The third kappa shape index (κ3) is 4.87. The molecule has 1 saturated heterocycles. The first-order valence-electron chi connectivity index (χ1n) is 7.68. The lowest BCUT2D eigenvalue weighted by atomic mass is 10.00. The lowest BCUT2D eigenvalue weighted by Gasteiger charge is -2.30. The fourth-order valence-corrected chi connectivity index (χ4v) is 2.74. The number of nitrogens with zero attached hydrogens (tertiary/aromatic N) is 1. The molecule has 0 aromatic heterocycles. The van der Waals surface area contributed by atoms with Crippen LogP contribution in [0.1, 0.15) is 39.2 Å². The van der Waals surface area contributed by atoms with Crippen molar-refractivity contribution in [2.24, 2.45) is 11.8 Å². The quantitative estimate of drug-likeness (QED) is 0.861. The van der Waals surface area contributed by atoms with Crippen LogP contribution in [0.2, 0.25) is 0 Å². The summed E-state index contributed by atoms with van der Waals surface area (Å²) in [6, 6.07) is 8.96. The average molecular weight is 260 g/mol. The first-order chi connectivity index (χ1) is 9.13. The maximum Gasteiger partial charge on any atom is 0.0340 e. The van der Waals surface area contributed by atoms with Gasteiger partial charge in [0, 0.05) is 25.3 Å². The largest absolute Gasteiger partial charge is 0.385 e. The molecule has 1 aliphatic heterocycles. The number of likely N-dealkylation sites (tertiary alicyclic amines) is 1. The summed E-state index contributed by atoms with van der Waals surface area (Å²) in [5.41, 5.74) is 2.67. The molecule has 0 spiro atoms. The van der Waals surface area contributed by atoms with Crippen molar-refractivity contribution >= 4 is 5.69 Å². The number of hydrogen-bond donors (Lipinski definition) is 1. The highest BCUT2D eigenvalue weighted by molar-refractivity contribution is 5.44. The van der Waals surface area contributed by atoms with Crippen molar-refractivity contribution in [2.45, 2.75) is 40.2 Å². The van der Waals surface area contributed by atoms with Crippen LogP contribution in [0.3, 0.4) is 0 Å². The standard InChI is InChI=1S/C17H28N2/c1-14(2)11-18-17-8-6-16(7-9-17)13-19-10-4-5-15(3)12-19/h6-9,14-15,18H,4-5,10-13H2,1-3H3. The molecule has 1 unspecified atom stereocenters. The van der Waals surface area contributed by atoms with Crippen LogP contribution in [0.25, 0.3) is 0 Å². The van der Waals surface area contributed by atoms with Crippen molar-refractivity contribution in [3.8, 4) is 0 Å². The minimum Gasteiger partial charge on any atom is -0.385 e. The maximum absolute atomic E-state index is 3.47. The fourth-order valence-electron chi connectivity index (χ4n) is 2.74. The summed E-state index contributed by atoms with van der Waals surface area (Å²) in [6.07, 6.45) is 2.75. The number of rotatable bonds is 5. The minimum absolute atomic E-state index is 0.689. The summed E-state index contributed by atoms with van der Waals surface area (Å²) in [4.78, 5) is 2.59. The van der Waals surface area contributed by atoms with E-state index in [2.05, 4.69) is 55.3 Å². The molecule has 106 valence electrons. The molecule has 0 amide bonds. The van der Waals surface area contributed by atoms with Gasteiger partial charge in [-0.05, 0) is 48.9 Å². The molecule has 1 aromatic rings. The molecule has 0 aliphatic carbocycles. The summed E-state index contributed by atoms with van der Waals surface area (Å²) < 4.78 is 0. The van der Waals surface area contributed by atoms with Crippen molar-refractivity contribution in [3.05, 3.63) is 29.8 Å². The summed E-state index contributed by atoms with van der Waals surface area (Å²) in [6.45, 7) is 11.5. The second-order valence-electron chi connectivity index (χ2n) is 6.45. The normalized spacial score (nSPS) is 20.7. The number of piperidine rings is 1. The second-order valence-corrected chi connectivity index (χ2v) is 6.45. The molecule has 1 fully saturated rings. The Bertz CT molecular complexity index is 369. The van der Waals surface area contributed by atoms with Gasteiger partial charge in [-0.2, -0.15) is 0 Å². The van der Waals surface area contributed by atoms with E-state index in [1.54, 1.807) is 0 Å². The molecular weight excluding hydrogens is 232 g/mol. The Morgan fingerprint density at radius 3 is 2.63 bits per heavy atom. The van der Waals surface area contributed by atoms with Crippen molar-refractivity contribution in [2.75, 3.05) is 25.0 Å². The van der Waals surface area contributed by atoms with Crippen LogP contribution in [0.4, 0.5) is 5.69 Å². The lowest BCUT2D eigenvalue weighted by molar-refractivity contribution is 0.176. The van der Waals surface area contributed by atoms with E-state index in [1.807, 2.05) is 0 Å². The van der Waals surface area contributed by atoms with Crippen molar-refractivity contribution in [3.63, 3.8) is 0 Å². The third-order valence-electron chi connectivity index (χ3n) is 3.82. The van der Waals surface area contributed by atoms with Gasteiger partial charge < -0.3 is 5.32 Å². The molecule has 2 heteroatoms. The zero-order valence-electron chi connectivity index (χ0n) is 12.7. The number of nitrogens with one attached hydrogen (secondary N) is 1. The SMILES string of the molecule is CC(C)CNc1ccc(CN2CCCC(C)C2)cc1. The van der Waals surface area contributed by atoms with E-state index in [0.29, 0.717) is 5.92 Å². The maximum atomic E-state index is 3.47. The van der Waals surface area contributed by atoms with Crippen LogP contribution in [-0.4, -0.2) is 24.5 Å². The van der Waals surface area contributed by atoms with E-state index in [0.717, 1.165) is 19.0 Å². The van der Waals surface area contributed by atoms with Crippen molar-refractivity contribution in [1.29, 1.82) is 0 Å². The minimum atomic E-state index is 0.689. The van der Waals surface area contributed by atoms with E-state index in [-0.39, 0.29) is 0 Å². The molecule has 1 aromatic carbocycles. The molecule has 19 heavy (non-hydrogen) atoms. The predicted octanol–water partition coefficient (Wildman–Crippen LogP) is 3.99. The van der Waals surface area contributed by atoms with Crippen LogP contribution >= 0.6 is 0 Å². The smallest absolute Gasteiger partial charge is 0.0340 e. The van der Waals surface area contributed by atoms with Crippen LogP contribution in [0, 0.1) is 11.8 Å². The fraction of sp³-hybridized carbons (Fsp3) is 0.647. The Kier molecular flexibility index (Phi) is 5.26. The summed E-state index contributed by atoms with van der Waals surface area (Å²) in [5.74, 6) is 1.55. The van der Waals surface area contributed by atoms with Gasteiger partial charge in [-0.15, -0.1) is 0 Å². The van der Waals surface area contributed by atoms with Gasteiger partial charge in [0.2, 0.25) is 0 Å². The topological polar surface area (TPSA) is 15.3 Å². The van der Waals surface area contributed by atoms with E-state index in [9.17, 15) is 0 Å². The van der Waals surface area contributed by atoms with Crippen molar-refractivity contribution in [1.82, 2.24) is 4.90 Å². The zero-order valence-corrected chi connectivity index (χ0v) is 12.7. The molecule has 1 N–H and O–H groups in total. The van der Waals surface area contributed by atoms with E-state index < -0.39 is 0 Å².